The molecule has 0 aromatic rings. The molecule has 1 amide bonds. The molecule has 112 valence electrons. The number of amides is 1. The summed E-state index contributed by atoms with van der Waals surface area (Å²) < 4.78 is 22.2. The number of carbonyl (C=O) groups excluding carboxylic acids is 1. The van der Waals surface area contributed by atoms with E-state index in [4.69, 9.17) is 5.73 Å². The Balaban J connectivity index is 2.53. The average molecular weight is 291 g/mol. The maximum absolute atomic E-state index is 12.2. The molecule has 0 spiro atoms. The lowest BCUT2D eigenvalue weighted by Crippen LogP contribution is -2.56. The van der Waals surface area contributed by atoms with Gasteiger partial charge in [-0.25, -0.2) is 8.42 Å². The van der Waals surface area contributed by atoms with Crippen LogP contribution in [0.25, 0.3) is 0 Å². The molecule has 0 aliphatic carbocycles. The second kappa shape index (κ2) is 6.67. The van der Waals surface area contributed by atoms with Gasteiger partial charge in [-0.1, -0.05) is 6.92 Å². The van der Waals surface area contributed by atoms with Crippen LogP contribution < -0.4 is 5.73 Å². The first-order valence-electron chi connectivity index (χ1n) is 6.67. The number of nitrogens with two attached hydrogens (primary N) is 1. The van der Waals surface area contributed by atoms with E-state index in [9.17, 15) is 13.2 Å². The summed E-state index contributed by atoms with van der Waals surface area (Å²) >= 11 is 0. The fourth-order valence-corrected chi connectivity index (χ4v) is 2.97. The van der Waals surface area contributed by atoms with Crippen molar-refractivity contribution in [1.82, 2.24) is 9.80 Å². The second-order valence-corrected chi connectivity index (χ2v) is 7.61. The molecule has 1 fully saturated rings. The second-order valence-electron chi connectivity index (χ2n) is 5.35. The van der Waals surface area contributed by atoms with Gasteiger partial charge in [0.25, 0.3) is 0 Å². The van der Waals surface area contributed by atoms with Crippen molar-refractivity contribution >= 4 is 15.7 Å². The van der Waals surface area contributed by atoms with Gasteiger partial charge in [0.1, 0.15) is 9.84 Å². The van der Waals surface area contributed by atoms with Crippen LogP contribution in [0.5, 0.6) is 0 Å². The molecule has 0 aromatic heterocycles. The summed E-state index contributed by atoms with van der Waals surface area (Å²) in [6.45, 7) is 4.28. The van der Waals surface area contributed by atoms with Crippen LogP contribution in [0, 0.1) is 0 Å². The van der Waals surface area contributed by atoms with Gasteiger partial charge >= 0.3 is 0 Å². The molecule has 7 heteroatoms. The summed E-state index contributed by atoms with van der Waals surface area (Å²) in [5.74, 6) is -0.166. The molecule has 1 aliphatic rings. The smallest absolute Gasteiger partial charge is 0.239 e. The SMILES string of the molecule is CCC1CN(C(=O)C(N)CCS(C)(=O)=O)CCN1C. The number of piperazine rings is 1. The van der Waals surface area contributed by atoms with Crippen LogP contribution in [-0.2, 0) is 14.6 Å². The van der Waals surface area contributed by atoms with Crippen molar-refractivity contribution in [3.05, 3.63) is 0 Å². The standard InChI is InChI=1S/C12H25N3O3S/c1-4-10-9-15(7-6-14(10)2)12(16)11(13)5-8-19(3,17)18/h10-11H,4-9,13H2,1-3H3. The van der Waals surface area contributed by atoms with Gasteiger partial charge in [0, 0.05) is 31.9 Å². The molecule has 0 aromatic carbocycles. The first-order valence-corrected chi connectivity index (χ1v) is 8.73. The third kappa shape index (κ3) is 5.08. The van der Waals surface area contributed by atoms with Crippen LogP contribution in [0.2, 0.25) is 0 Å². The first-order chi connectivity index (χ1) is 8.74. The van der Waals surface area contributed by atoms with Crippen LogP contribution in [-0.4, -0.2) is 74.9 Å². The largest absolute Gasteiger partial charge is 0.338 e. The number of nitrogens with zero attached hydrogens (tertiary/aromatic N) is 2. The summed E-state index contributed by atoms with van der Waals surface area (Å²) in [5.41, 5.74) is 5.81. The minimum atomic E-state index is -3.07. The van der Waals surface area contributed by atoms with E-state index in [1.54, 1.807) is 4.90 Å². The Kier molecular flexibility index (Phi) is 5.76. The molecular weight excluding hydrogens is 266 g/mol. The predicted octanol–water partition coefficient (Wildman–Crippen LogP) is -0.699. The van der Waals surface area contributed by atoms with Gasteiger partial charge in [-0.2, -0.15) is 0 Å². The molecule has 19 heavy (non-hydrogen) atoms. The summed E-state index contributed by atoms with van der Waals surface area (Å²) in [6, 6.07) is -0.351. The van der Waals surface area contributed by atoms with E-state index < -0.39 is 15.9 Å². The van der Waals surface area contributed by atoms with Crippen LogP contribution in [0.1, 0.15) is 19.8 Å². The maximum Gasteiger partial charge on any atom is 0.239 e. The maximum atomic E-state index is 12.2. The molecule has 1 aliphatic heterocycles. The minimum absolute atomic E-state index is 0.0368. The Morgan fingerprint density at radius 2 is 2.05 bits per heavy atom. The lowest BCUT2D eigenvalue weighted by atomic mass is 10.1. The van der Waals surface area contributed by atoms with Crippen LogP contribution >= 0.6 is 0 Å². The molecular formula is C12H25N3O3S. The van der Waals surface area contributed by atoms with Crippen molar-refractivity contribution in [1.29, 1.82) is 0 Å². The lowest BCUT2D eigenvalue weighted by molar-refractivity contribution is -0.135. The Labute approximate surface area is 115 Å². The average Bonchev–Trinajstić information content (AvgIpc) is 2.34. The Hall–Kier alpha value is -0.660. The fraction of sp³-hybridized carbons (Fsp3) is 0.917. The molecule has 1 heterocycles. The van der Waals surface area contributed by atoms with Crippen molar-refractivity contribution < 1.29 is 13.2 Å². The first kappa shape index (κ1) is 16.4. The van der Waals surface area contributed by atoms with Crippen molar-refractivity contribution in [3.63, 3.8) is 0 Å². The lowest BCUT2D eigenvalue weighted by Gasteiger charge is -2.40. The highest BCUT2D eigenvalue weighted by atomic mass is 32.2. The number of hydrogen-bond acceptors (Lipinski definition) is 5. The summed E-state index contributed by atoms with van der Waals surface area (Å²) in [7, 11) is -1.01. The van der Waals surface area contributed by atoms with Crippen LogP contribution in [0.4, 0.5) is 0 Å². The minimum Gasteiger partial charge on any atom is -0.338 e. The quantitative estimate of drug-likeness (QED) is 0.724. The third-order valence-electron chi connectivity index (χ3n) is 3.68. The van der Waals surface area contributed by atoms with Gasteiger partial charge < -0.3 is 10.6 Å². The number of sulfone groups is 1. The molecule has 6 nitrogen and oxygen atoms in total. The van der Waals surface area contributed by atoms with E-state index in [1.165, 1.54) is 0 Å². The Morgan fingerprint density at radius 3 is 2.58 bits per heavy atom. The van der Waals surface area contributed by atoms with Crippen molar-refractivity contribution in [2.75, 3.05) is 38.7 Å². The van der Waals surface area contributed by atoms with E-state index in [1.807, 2.05) is 0 Å². The zero-order valence-corrected chi connectivity index (χ0v) is 12.8. The molecule has 2 N–H and O–H groups in total. The summed E-state index contributed by atoms with van der Waals surface area (Å²) in [5, 5.41) is 0. The topological polar surface area (TPSA) is 83.7 Å². The predicted molar refractivity (Wildman–Crippen MR) is 75.6 cm³/mol. The van der Waals surface area contributed by atoms with Gasteiger partial charge in [0.2, 0.25) is 5.91 Å². The molecule has 0 bridgehead atoms. The zero-order valence-electron chi connectivity index (χ0n) is 12.0. The van der Waals surface area contributed by atoms with Crippen molar-refractivity contribution in [3.8, 4) is 0 Å². The van der Waals surface area contributed by atoms with Crippen molar-refractivity contribution in [2.24, 2.45) is 5.73 Å². The molecule has 0 radical (unpaired) electrons. The van der Waals surface area contributed by atoms with Crippen LogP contribution in [0.3, 0.4) is 0 Å². The normalized spacial score (nSPS) is 23.4. The molecule has 1 rings (SSSR count). The van der Waals surface area contributed by atoms with E-state index in [0.29, 0.717) is 19.1 Å². The number of rotatable bonds is 5. The molecule has 0 saturated carbocycles. The number of likely N-dealkylation sites (N-methyl/N-ethyl adjacent to an activating group) is 1. The van der Waals surface area contributed by atoms with E-state index in [2.05, 4.69) is 18.9 Å². The molecule has 1 saturated heterocycles. The van der Waals surface area contributed by atoms with Gasteiger partial charge in [-0.05, 0) is 19.9 Å². The van der Waals surface area contributed by atoms with E-state index >= 15 is 0 Å². The van der Waals surface area contributed by atoms with Gasteiger partial charge in [0.05, 0.1) is 11.8 Å². The highest BCUT2D eigenvalue weighted by Gasteiger charge is 2.29. The Bertz CT molecular complexity index is 410. The van der Waals surface area contributed by atoms with E-state index in [-0.39, 0.29) is 18.1 Å². The van der Waals surface area contributed by atoms with Gasteiger partial charge in [-0.3, -0.25) is 9.69 Å². The highest BCUT2D eigenvalue weighted by Crippen LogP contribution is 2.12. The van der Waals surface area contributed by atoms with Crippen molar-refractivity contribution in [2.45, 2.75) is 31.8 Å². The number of carbonyl (C=O) groups is 1. The van der Waals surface area contributed by atoms with E-state index in [0.717, 1.165) is 19.2 Å². The van der Waals surface area contributed by atoms with Gasteiger partial charge in [-0.15, -0.1) is 0 Å². The third-order valence-corrected chi connectivity index (χ3v) is 4.65. The van der Waals surface area contributed by atoms with Crippen LogP contribution in [0.15, 0.2) is 0 Å². The Morgan fingerprint density at radius 1 is 1.42 bits per heavy atom. The summed E-state index contributed by atoms with van der Waals surface area (Å²) in [4.78, 5) is 16.2. The molecule has 2 unspecified atom stereocenters. The molecule has 2 atom stereocenters. The summed E-state index contributed by atoms with van der Waals surface area (Å²) in [6.07, 6.45) is 2.34. The van der Waals surface area contributed by atoms with Gasteiger partial charge in [0.15, 0.2) is 0 Å². The number of hydrogen-bond donors (Lipinski definition) is 1. The monoisotopic (exact) mass is 291 g/mol. The zero-order chi connectivity index (χ0) is 14.6. The highest BCUT2D eigenvalue weighted by molar-refractivity contribution is 7.90. The fourth-order valence-electron chi connectivity index (χ4n) is 2.29.